The molecule has 168 valence electrons. The lowest BCUT2D eigenvalue weighted by Crippen LogP contribution is -2.41. The number of hydrogen-bond donors (Lipinski definition) is 0. The smallest absolute Gasteiger partial charge is 0.253 e. The van der Waals surface area contributed by atoms with Crippen LogP contribution in [-0.2, 0) is 27.1 Å². The second-order valence-corrected chi connectivity index (χ2v) is 9.28. The molecule has 0 saturated carbocycles. The molecular formula is C22H28N2O6S. The number of hydrogen-bond acceptors (Lipinski definition) is 6. The van der Waals surface area contributed by atoms with Crippen LogP contribution < -0.4 is 9.47 Å². The average molecular weight is 449 g/mol. The van der Waals surface area contributed by atoms with Gasteiger partial charge in [0, 0.05) is 32.2 Å². The minimum absolute atomic E-state index is 0.0943. The first-order valence-electron chi connectivity index (χ1n) is 9.95. The first-order chi connectivity index (χ1) is 14.8. The summed E-state index contributed by atoms with van der Waals surface area (Å²) < 4.78 is 42.3. The highest BCUT2D eigenvalue weighted by Crippen LogP contribution is 2.28. The van der Waals surface area contributed by atoms with Crippen molar-refractivity contribution in [2.45, 2.75) is 12.3 Å². The molecule has 0 aromatic heterocycles. The third kappa shape index (κ3) is 5.75. The van der Waals surface area contributed by atoms with Gasteiger partial charge in [-0.15, -0.1) is 0 Å². The zero-order valence-electron chi connectivity index (χ0n) is 18.0. The number of nitrogens with zero attached hydrogens (tertiary/aromatic N) is 2. The summed E-state index contributed by atoms with van der Waals surface area (Å²) in [4.78, 5) is 14.4. The van der Waals surface area contributed by atoms with Crippen LogP contribution in [-0.4, -0.2) is 71.1 Å². The monoisotopic (exact) mass is 448 g/mol. The maximum atomic E-state index is 12.8. The van der Waals surface area contributed by atoms with Crippen LogP contribution in [0.2, 0.25) is 0 Å². The highest BCUT2D eigenvalue weighted by atomic mass is 32.2. The first-order valence-corrected chi connectivity index (χ1v) is 11.6. The summed E-state index contributed by atoms with van der Waals surface area (Å²) in [6.45, 7) is 1.98. The van der Waals surface area contributed by atoms with Gasteiger partial charge in [0.15, 0.2) is 11.5 Å². The van der Waals surface area contributed by atoms with Gasteiger partial charge in [-0.1, -0.05) is 18.2 Å². The van der Waals surface area contributed by atoms with Crippen LogP contribution in [0.1, 0.15) is 21.5 Å². The van der Waals surface area contributed by atoms with Crippen molar-refractivity contribution in [2.75, 3.05) is 47.6 Å². The van der Waals surface area contributed by atoms with Crippen molar-refractivity contribution in [3.63, 3.8) is 0 Å². The number of carbonyl (C=O) groups is 1. The number of ether oxygens (including phenoxy) is 3. The molecule has 1 saturated heterocycles. The molecule has 8 nitrogen and oxygen atoms in total. The Balaban J connectivity index is 1.64. The summed E-state index contributed by atoms with van der Waals surface area (Å²) in [5.74, 6) is 0.982. The summed E-state index contributed by atoms with van der Waals surface area (Å²) in [5.41, 5.74) is 2.04. The average Bonchev–Trinajstić information content (AvgIpc) is 2.79. The Hall–Kier alpha value is -2.62. The minimum atomic E-state index is -3.40. The largest absolute Gasteiger partial charge is 0.493 e. The molecule has 1 aliphatic heterocycles. The molecule has 9 heteroatoms. The molecule has 0 spiro atoms. The van der Waals surface area contributed by atoms with Crippen LogP contribution in [0.25, 0.3) is 0 Å². The lowest BCUT2D eigenvalue weighted by molar-refractivity contribution is 0.0729. The maximum absolute atomic E-state index is 12.8. The molecule has 0 radical (unpaired) electrons. The molecule has 0 aliphatic carbocycles. The first kappa shape index (κ1) is 23.1. The van der Waals surface area contributed by atoms with Crippen molar-refractivity contribution in [3.05, 3.63) is 59.2 Å². The SMILES string of the molecule is COc1ccc(CN(C)C(=O)c2ccc(CS(=O)(=O)N3CCOCC3)cc2)cc1OC. The topological polar surface area (TPSA) is 85.4 Å². The number of benzene rings is 2. The number of sulfonamides is 1. The third-order valence-electron chi connectivity index (χ3n) is 5.13. The van der Waals surface area contributed by atoms with Crippen molar-refractivity contribution in [3.8, 4) is 11.5 Å². The summed E-state index contributed by atoms with van der Waals surface area (Å²) >= 11 is 0. The van der Waals surface area contributed by atoms with E-state index in [1.165, 1.54) is 4.31 Å². The summed E-state index contributed by atoms with van der Waals surface area (Å²) in [6.07, 6.45) is 0. The van der Waals surface area contributed by atoms with Crippen LogP contribution in [0.3, 0.4) is 0 Å². The molecule has 3 rings (SSSR count). The highest BCUT2D eigenvalue weighted by Gasteiger charge is 2.24. The van der Waals surface area contributed by atoms with E-state index in [-0.39, 0.29) is 11.7 Å². The van der Waals surface area contributed by atoms with Gasteiger partial charge in [-0.25, -0.2) is 8.42 Å². The van der Waals surface area contributed by atoms with Crippen molar-refractivity contribution < 1.29 is 27.4 Å². The number of amides is 1. The minimum Gasteiger partial charge on any atom is -0.493 e. The maximum Gasteiger partial charge on any atom is 0.253 e. The number of rotatable bonds is 8. The zero-order valence-corrected chi connectivity index (χ0v) is 18.9. The summed E-state index contributed by atoms with van der Waals surface area (Å²) in [5, 5.41) is 0. The summed E-state index contributed by atoms with van der Waals surface area (Å²) in [6, 6.07) is 12.2. The quantitative estimate of drug-likeness (QED) is 0.615. The molecule has 31 heavy (non-hydrogen) atoms. The second kappa shape index (κ2) is 10.1. The molecule has 1 fully saturated rings. The van der Waals surface area contributed by atoms with Crippen LogP contribution in [0.5, 0.6) is 11.5 Å². The predicted molar refractivity (Wildman–Crippen MR) is 117 cm³/mol. The van der Waals surface area contributed by atoms with Gasteiger partial charge in [0.25, 0.3) is 5.91 Å². The van der Waals surface area contributed by atoms with E-state index in [1.54, 1.807) is 56.5 Å². The third-order valence-corrected chi connectivity index (χ3v) is 6.98. The highest BCUT2D eigenvalue weighted by molar-refractivity contribution is 7.88. The van der Waals surface area contributed by atoms with E-state index < -0.39 is 10.0 Å². The fraction of sp³-hybridized carbons (Fsp3) is 0.409. The van der Waals surface area contributed by atoms with E-state index in [2.05, 4.69) is 0 Å². The van der Waals surface area contributed by atoms with Gasteiger partial charge >= 0.3 is 0 Å². The van der Waals surface area contributed by atoms with Crippen molar-refractivity contribution in [1.29, 1.82) is 0 Å². The van der Waals surface area contributed by atoms with Gasteiger partial charge < -0.3 is 19.1 Å². The van der Waals surface area contributed by atoms with E-state index in [9.17, 15) is 13.2 Å². The Morgan fingerprint density at radius 2 is 1.61 bits per heavy atom. The van der Waals surface area contributed by atoms with Crippen molar-refractivity contribution >= 4 is 15.9 Å². The van der Waals surface area contributed by atoms with Crippen molar-refractivity contribution in [1.82, 2.24) is 9.21 Å². The molecule has 0 unspecified atom stereocenters. The molecule has 2 aromatic rings. The Labute approximate surface area is 183 Å². The second-order valence-electron chi connectivity index (χ2n) is 7.32. The number of methoxy groups -OCH3 is 2. The van der Waals surface area contributed by atoms with Gasteiger partial charge in [0.2, 0.25) is 10.0 Å². The van der Waals surface area contributed by atoms with Crippen LogP contribution in [0.4, 0.5) is 0 Å². The molecule has 0 N–H and O–H groups in total. The van der Waals surface area contributed by atoms with E-state index in [0.29, 0.717) is 55.5 Å². The van der Waals surface area contributed by atoms with E-state index >= 15 is 0 Å². The van der Waals surface area contributed by atoms with Crippen LogP contribution in [0, 0.1) is 0 Å². The van der Waals surface area contributed by atoms with Gasteiger partial charge in [-0.2, -0.15) is 4.31 Å². The van der Waals surface area contributed by atoms with Crippen molar-refractivity contribution in [2.24, 2.45) is 0 Å². The fourth-order valence-electron chi connectivity index (χ4n) is 3.42. The molecule has 1 amide bonds. The standard InChI is InChI=1S/C22H28N2O6S/c1-23(15-18-6-9-20(28-2)21(14-18)29-3)22(25)19-7-4-17(5-8-19)16-31(26,27)24-10-12-30-13-11-24/h4-9,14H,10-13,15-16H2,1-3H3. The molecule has 0 atom stereocenters. The van der Waals surface area contributed by atoms with Gasteiger partial charge in [-0.05, 0) is 35.4 Å². The fourth-order valence-corrected chi connectivity index (χ4v) is 4.92. The van der Waals surface area contributed by atoms with Gasteiger partial charge in [0.1, 0.15) is 0 Å². The molecular weight excluding hydrogens is 420 g/mol. The van der Waals surface area contributed by atoms with E-state index in [1.807, 2.05) is 12.1 Å². The predicted octanol–water partition coefficient (Wildman–Crippen LogP) is 2.14. The normalized spacial score (nSPS) is 14.8. The Kier molecular flexibility index (Phi) is 7.53. The zero-order chi connectivity index (χ0) is 22.4. The Morgan fingerprint density at radius 3 is 2.23 bits per heavy atom. The molecule has 1 aliphatic rings. The van der Waals surface area contributed by atoms with Crippen LogP contribution >= 0.6 is 0 Å². The molecule has 0 bridgehead atoms. The molecule has 2 aromatic carbocycles. The van der Waals surface area contributed by atoms with E-state index in [0.717, 1.165) is 5.56 Å². The lowest BCUT2D eigenvalue weighted by Gasteiger charge is -2.26. The molecule has 1 heterocycles. The number of morpholine rings is 1. The van der Waals surface area contributed by atoms with Gasteiger partial charge in [-0.3, -0.25) is 4.79 Å². The number of carbonyl (C=O) groups excluding carboxylic acids is 1. The Bertz CT molecular complexity index is 1000. The lowest BCUT2D eigenvalue weighted by atomic mass is 10.1. The van der Waals surface area contributed by atoms with E-state index in [4.69, 9.17) is 14.2 Å². The Morgan fingerprint density at radius 1 is 1.00 bits per heavy atom. The van der Waals surface area contributed by atoms with Crippen LogP contribution in [0.15, 0.2) is 42.5 Å². The summed E-state index contributed by atoms with van der Waals surface area (Å²) in [7, 11) is 1.45. The van der Waals surface area contributed by atoms with Gasteiger partial charge in [0.05, 0.1) is 33.2 Å².